The van der Waals surface area contributed by atoms with Gasteiger partial charge in [-0.1, -0.05) is 11.6 Å². The topological polar surface area (TPSA) is 68.5 Å². The van der Waals surface area contributed by atoms with Crippen molar-refractivity contribution in [3.05, 3.63) is 58.8 Å². The maximum Gasteiger partial charge on any atom is 0.573 e. The van der Waals surface area contributed by atoms with E-state index in [9.17, 15) is 13.2 Å². The molecule has 5 heterocycles. The van der Waals surface area contributed by atoms with Gasteiger partial charge in [0.05, 0.1) is 18.8 Å². The van der Waals surface area contributed by atoms with Gasteiger partial charge in [-0.2, -0.15) is 0 Å². The van der Waals surface area contributed by atoms with Crippen LogP contribution < -0.4 is 9.64 Å². The van der Waals surface area contributed by atoms with Gasteiger partial charge in [0.2, 0.25) is 0 Å². The third kappa shape index (κ3) is 4.20. The Labute approximate surface area is 222 Å². The van der Waals surface area contributed by atoms with Gasteiger partial charge in [0, 0.05) is 54.8 Å². The number of rotatable bonds is 4. The van der Waals surface area contributed by atoms with Gasteiger partial charge in [0.15, 0.2) is 17.4 Å². The van der Waals surface area contributed by atoms with Gasteiger partial charge in [0.1, 0.15) is 5.82 Å². The zero-order valence-electron chi connectivity index (χ0n) is 20.5. The highest BCUT2D eigenvalue weighted by Gasteiger charge is 2.55. The van der Waals surface area contributed by atoms with Crippen molar-refractivity contribution in [2.45, 2.75) is 50.7 Å². The SMILES string of the molecule is FC(F)(F)Oc1cccnc1N1CC2(CC(c3nnc4n3-c3ccc(Cl)cc3CN([C@@H]3CCOC3)C4)C2)C1. The fraction of sp³-hybridized carbons (Fsp3) is 0.500. The maximum absolute atomic E-state index is 12.9. The second-order valence-corrected chi connectivity index (χ2v) is 11.3. The van der Waals surface area contributed by atoms with Crippen LogP contribution in [0.3, 0.4) is 0 Å². The average Bonchev–Trinajstić information content (AvgIpc) is 3.45. The third-order valence-electron chi connectivity index (χ3n) is 8.23. The Bertz CT molecular complexity index is 1360. The Balaban J connectivity index is 1.11. The van der Waals surface area contributed by atoms with E-state index in [1.807, 2.05) is 23.1 Å². The number of halogens is 4. The molecular weight excluding hydrogens is 521 g/mol. The molecule has 1 aromatic carbocycles. The van der Waals surface area contributed by atoms with Crippen LogP contribution in [0.5, 0.6) is 5.75 Å². The Morgan fingerprint density at radius 2 is 1.95 bits per heavy atom. The second-order valence-electron chi connectivity index (χ2n) is 10.8. The smallest absolute Gasteiger partial charge is 0.402 e. The first kappa shape index (κ1) is 24.2. The van der Waals surface area contributed by atoms with Gasteiger partial charge in [-0.15, -0.1) is 23.4 Å². The lowest BCUT2D eigenvalue weighted by Gasteiger charge is -2.59. The van der Waals surface area contributed by atoms with Crippen LogP contribution in [0.25, 0.3) is 5.69 Å². The van der Waals surface area contributed by atoms with E-state index in [2.05, 4.69) is 29.4 Å². The maximum atomic E-state index is 12.9. The van der Waals surface area contributed by atoms with Crippen LogP contribution in [-0.4, -0.2) is 63.4 Å². The number of fused-ring (bicyclic) bond motifs is 3. The standard InChI is InChI=1S/C26H26ClF3N6O2/c27-18-3-4-20-16(8-18)11-34(19-5-7-37-13-19)12-22-32-33-23(36(20)22)17-9-25(10-17)14-35(15-25)24-21(2-1-6-31-24)38-26(28,29)30/h1-4,6,8,17,19H,5,7,9-15H2/t19-/m1/s1. The lowest BCUT2D eigenvalue weighted by molar-refractivity contribution is -0.274. The van der Waals surface area contributed by atoms with E-state index in [-0.39, 0.29) is 22.9 Å². The van der Waals surface area contributed by atoms with Crippen LogP contribution in [0.1, 0.15) is 42.4 Å². The molecule has 0 radical (unpaired) electrons. The predicted molar refractivity (Wildman–Crippen MR) is 132 cm³/mol. The highest BCUT2D eigenvalue weighted by atomic mass is 35.5. The lowest BCUT2D eigenvalue weighted by atomic mass is 9.57. The highest BCUT2D eigenvalue weighted by Crippen LogP contribution is 2.57. The molecule has 7 rings (SSSR count). The third-order valence-corrected chi connectivity index (χ3v) is 8.47. The number of nitrogens with zero attached hydrogens (tertiary/aromatic N) is 6. The van der Waals surface area contributed by atoms with Gasteiger partial charge in [-0.3, -0.25) is 9.47 Å². The number of benzene rings is 1. The molecule has 0 amide bonds. The average molecular weight is 547 g/mol. The Kier molecular flexibility index (Phi) is 5.61. The quantitative estimate of drug-likeness (QED) is 0.470. The molecule has 8 nitrogen and oxygen atoms in total. The summed E-state index contributed by atoms with van der Waals surface area (Å²) in [6, 6.07) is 9.06. The number of anilines is 1. The van der Waals surface area contributed by atoms with Crippen molar-refractivity contribution < 1.29 is 22.6 Å². The van der Waals surface area contributed by atoms with Crippen LogP contribution in [0.2, 0.25) is 5.02 Å². The fourth-order valence-corrected chi connectivity index (χ4v) is 6.74. The zero-order valence-corrected chi connectivity index (χ0v) is 21.3. The summed E-state index contributed by atoms with van der Waals surface area (Å²) in [5.41, 5.74) is 2.23. The minimum Gasteiger partial charge on any atom is -0.402 e. The van der Waals surface area contributed by atoms with E-state index < -0.39 is 6.36 Å². The van der Waals surface area contributed by atoms with Crippen molar-refractivity contribution in [1.29, 1.82) is 0 Å². The molecule has 1 atom stereocenters. The van der Waals surface area contributed by atoms with E-state index in [0.717, 1.165) is 55.3 Å². The first-order valence-corrected chi connectivity index (χ1v) is 13.2. The summed E-state index contributed by atoms with van der Waals surface area (Å²) in [4.78, 5) is 8.43. The van der Waals surface area contributed by atoms with Gasteiger partial charge in [-0.25, -0.2) is 4.98 Å². The van der Waals surface area contributed by atoms with Crippen LogP contribution >= 0.6 is 11.6 Å². The summed E-state index contributed by atoms with van der Waals surface area (Å²) in [6.45, 7) is 4.20. The van der Waals surface area contributed by atoms with Crippen molar-refractivity contribution in [2.75, 3.05) is 31.2 Å². The first-order chi connectivity index (χ1) is 18.3. The van der Waals surface area contributed by atoms with Crippen molar-refractivity contribution in [2.24, 2.45) is 5.41 Å². The van der Waals surface area contributed by atoms with E-state index in [1.54, 1.807) is 0 Å². The Hall–Kier alpha value is -2.89. The molecule has 1 spiro atoms. The molecule has 12 heteroatoms. The van der Waals surface area contributed by atoms with Crippen molar-refractivity contribution in [3.63, 3.8) is 0 Å². The molecule has 38 heavy (non-hydrogen) atoms. The van der Waals surface area contributed by atoms with Crippen molar-refractivity contribution in [1.82, 2.24) is 24.6 Å². The van der Waals surface area contributed by atoms with E-state index in [0.29, 0.717) is 37.3 Å². The van der Waals surface area contributed by atoms with E-state index >= 15 is 0 Å². The number of hydrogen-bond acceptors (Lipinski definition) is 7. The fourth-order valence-electron chi connectivity index (χ4n) is 6.55. The first-order valence-electron chi connectivity index (χ1n) is 12.8. The van der Waals surface area contributed by atoms with E-state index in [4.69, 9.17) is 16.3 Å². The molecule has 0 bridgehead atoms. The molecule has 1 saturated carbocycles. The molecule has 3 aliphatic heterocycles. The van der Waals surface area contributed by atoms with Gasteiger partial charge >= 0.3 is 6.36 Å². The predicted octanol–water partition coefficient (Wildman–Crippen LogP) is 4.70. The summed E-state index contributed by atoms with van der Waals surface area (Å²) in [6.07, 6.45) is -0.484. The number of pyridine rings is 1. The van der Waals surface area contributed by atoms with Crippen LogP contribution in [0.15, 0.2) is 36.5 Å². The number of ether oxygens (including phenoxy) is 2. The monoisotopic (exact) mass is 546 g/mol. The van der Waals surface area contributed by atoms with Crippen molar-refractivity contribution in [3.8, 4) is 11.4 Å². The molecule has 2 saturated heterocycles. The summed E-state index contributed by atoms with van der Waals surface area (Å²) >= 11 is 6.39. The molecule has 0 unspecified atom stereocenters. The van der Waals surface area contributed by atoms with Crippen LogP contribution in [0, 0.1) is 5.41 Å². The van der Waals surface area contributed by atoms with E-state index in [1.165, 1.54) is 18.3 Å². The number of alkyl halides is 3. The van der Waals surface area contributed by atoms with Gasteiger partial charge in [0.25, 0.3) is 0 Å². The number of hydrogen-bond donors (Lipinski definition) is 0. The minimum atomic E-state index is -4.76. The summed E-state index contributed by atoms with van der Waals surface area (Å²) < 4.78 is 50.6. The molecule has 4 aliphatic rings. The molecular formula is C26H26ClF3N6O2. The second kappa shape index (κ2) is 8.82. The minimum absolute atomic E-state index is 0.0326. The van der Waals surface area contributed by atoms with Gasteiger partial charge in [-0.05, 0) is 55.2 Å². The summed E-state index contributed by atoms with van der Waals surface area (Å²) in [5, 5.41) is 9.97. The molecule has 200 valence electrons. The molecule has 3 aromatic rings. The van der Waals surface area contributed by atoms with Gasteiger partial charge < -0.3 is 14.4 Å². The number of aromatic nitrogens is 4. The lowest BCUT2D eigenvalue weighted by Crippen LogP contribution is -2.62. The molecule has 3 fully saturated rings. The Morgan fingerprint density at radius 3 is 2.71 bits per heavy atom. The zero-order chi connectivity index (χ0) is 26.1. The summed E-state index contributed by atoms with van der Waals surface area (Å²) in [5.74, 6) is 2.04. The molecule has 0 N–H and O–H groups in total. The molecule has 2 aromatic heterocycles. The normalized spacial score (nSPS) is 22.9. The van der Waals surface area contributed by atoms with Crippen LogP contribution in [0.4, 0.5) is 19.0 Å². The van der Waals surface area contributed by atoms with Crippen molar-refractivity contribution >= 4 is 17.4 Å². The molecule has 1 aliphatic carbocycles. The summed E-state index contributed by atoms with van der Waals surface area (Å²) in [7, 11) is 0. The largest absolute Gasteiger partial charge is 0.573 e. The van der Waals surface area contributed by atoms with Crippen LogP contribution in [-0.2, 0) is 17.8 Å². The highest BCUT2D eigenvalue weighted by molar-refractivity contribution is 6.30. The Morgan fingerprint density at radius 1 is 1.11 bits per heavy atom.